The van der Waals surface area contributed by atoms with Crippen molar-refractivity contribution >= 4 is 28.2 Å². The minimum absolute atomic E-state index is 0.521. The van der Waals surface area contributed by atoms with Gasteiger partial charge in [-0.15, -0.1) is 10.2 Å². The fourth-order valence-electron chi connectivity index (χ4n) is 1.57. The van der Waals surface area contributed by atoms with E-state index in [0.717, 1.165) is 33.7 Å². The van der Waals surface area contributed by atoms with E-state index in [-0.39, 0.29) is 0 Å². The first-order chi connectivity index (χ1) is 10.3. The Morgan fingerprint density at radius 2 is 1.86 bits per heavy atom. The normalized spacial score (nSPS) is 11.9. The first-order valence-electron chi connectivity index (χ1n) is 6.71. The van der Waals surface area contributed by atoms with Crippen molar-refractivity contribution in [1.29, 1.82) is 0 Å². The fraction of sp³-hybridized carbons (Fsp3) is 0.429. The molecule has 0 saturated heterocycles. The summed E-state index contributed by atoms with van der Waals surface area (Å²) in [5.41, 5.74) is 0.197. The van der Waals surface area contributed by atoms with E-state index >= 15 is 0 Å². The van der Waals surface area contributed by atoms with Crippen LogP contribution in [0.4, 0.5) is 18.3 Å². The molecule has 0 saturated carbocycles. The summed E-state index contributed by atoms with van der Waals surface area (Å²) in [6.45, 7) is 5.04. The molecule has 0 aliphatic carbocycles. The van der Waals surface area contributed by atoms with E-state index in [1.54, 1.807) is 0 Å². The van der Waals surface area contributed by atoms with E-state index < -0.39 is 11.7 Å². The monoisotopic (exact) mass is 347 g/mol. The summed E-state index contributed by atoms with van der Waals surface area (Å²) in [5, 5.41) is 12.1. The van der Waals surface area contributed by atoms with Crippen molar-refractivity contribution in [3.05, 3.63) is 35.4 Å². The molecule has 0 bridgehead atoms. The van der Waals surface area contributed by atoms with E-state index in [1.165, 1.54) is 35.2 Å². The Kier molecular flexibility index (Phi) is 5.69. The third-order valence-electron chi connectivity index (χ3n) is 2.71. The van der Waals surface area contributed by atoms with Crippen molar-refractivity contribution in [1.82, 2.24) is 10.2 Å². The maximum absolute atomic E-state index is 12.5. The van der Waals surface area contributed by atoms with Gasteiger partial charge in [0.1, 0.15) is 0 Å². The van der Waals surface area contributed by atoms with Gasteiger partial charge in [0.15, 0.2) is 4.34 Å². The third-order valence-corrected chi connectivity index (χ3v) is 4.80. The lowest BCUT2D eigenvalue weighted by atomic mass is 10.1. The molecule has 1 N–H and O–H groups in total. The highest BCUT2D eigenvalue weighted by Gasteiger charge is 2.29. The number of aromatic nitrogens is 2. The molecule has 0 fully saturated rings. The molecule has 3 nitrogen and oxygen atoms in total. The van der Waals surface area contributed by atoms with Gasteiger partial charge < -0.3 is 5.32 Å². The molecule has 0 spiro atoms. The Balaban J connectivity index is 1.87. The molecule has 2 rings (SSSR count). The zero-order valence-corrected chi connectivity index (χ0v) is 13.8. The molecule has 1 aromatic carbocycles. The first-order valence-corrected chi connectivity index (χ1v) is 8.51. The second-order valence-electron chi connectivity index (χ2n) is 5.13. The Bertz CT molecular complexity index is 594. The van der Waals surface area contributed by atoms with Crippen LogP contribution in [0.1, 0.15) is 25.0 Å². The number of halogens is 3. The predicted octanol–water partition coefficient (Wildman–Crippen LogP) is 4.92. The van der Waals surface area contributed by atoms with Crippen molar-refractivity contribution in [3.63, 3.8) is 0 Å². The zero-order valence-electron chi connectivity index (χ0n) is 12.1. The van der Waals surface area contributed by atoms with E-state index in [2.05, 4.69) is 29.4 Å². The number of anilines is 1. The molecular formula is C14H16F3N3S2. The van der Waals surface area contributed by atoms with Gasteiger partial charge in [-0.05, 0) is 23.6 Å². The summed E-state index contributed by atoms with van der Waals surface area (Å²) in [5.74, 6) is 1.09. The van der Waals surface area contributed by atoms with Gasteiger partial charge in [0.25, 0.3) is 0 Å². The Labute approximate surface area is 135 Å². The van der Waals surface area contributed by atoms with Crippen LogP contribution in [-0.2, 0) is 11.9 Å². The SMILES string of the molecule is CC(C)CNc1nnc(SCc2ccc(C(F)(F)F)cc2)s1. The van der Waals surface area contributed by atoms with Gasteiger partial charge in [-0.2, -0.15) is 13.2 Å². The van der Waals surface area contributed by atoms with Crippen molar-refractivity contribution < 1.29 is 13.2 Å². The Hall–Kier alpha value is -1.28. The quantitative estimate of drug-likeness (QED) is 0.753. The molecule has 2 aromatic rings. The summed E-state index contributed by atoms with van der Waals surface area (Å²) in [4.78, 5) is 0. The van der Waals surface area contributed by atoms with Crippen molar-refractivity contribution in [2.45, 2.75) is 30.1 Å². The molecule has 1 heterocycles. The molecule has 22 heavy (non-hydrogen) atoms. The molecule has 0 aliphatic rings. The van der Waals surface area contributed by atoms with Crippen LogP contribution in [-0.4, -0.2) is 16.7 Å². The van der Waals surface area contributed by atoms with Gasteiger partial charge >= 0.3 is 6.18 Å². The standard InChI is InChI=1S/C14H16F3N3S2/c1-9(2)7-18-12-19-20-13(22-12)21-8-10-3-5-11(6-4-10)14(15,16)17/h3-6,9H,7-8H2,1-2H3,(H,18,19). The van der Waals surface area contributed by atoms with Crippen LogP contribution in [0, 0.1) is 5.92 Å². The highest BCUT2D eigenvalue weighted by atomic mass is 32.2. The van der Waals surface area contributed by atoms with Gasteiger partial charge in [0.2, 0.25) is 5.13 Å². The highest BCUT2D eigenvalue weighted by Crippen LogP contribution is 2.31. The number of alkyl halides is 3. The number of rotatable bonds is 6. The third kappa shape index (κ3) is 5.17. The molecule has 0 amide bonds. The maximum atomic E-state index is 12.5. The van der Waals surface area contributed by atoms with E-state index in [0.29, 0.717) is 11.7 Å². The molecule has 120 valence electrons. The minimum atomic E-state index is -4.29. The average Bonchev–Trinajstić information content (AvgIpc) is 2.90. The number of nitrogens with one attached hydrogen (secondary N) is 1. The molecular weight excluding hydrogens is 331 g/mol. The summed E-state index contributed by atoms with van der Waals surface area (Å²) in [7, 11) is 0. The van der Waals surface area contributed by atoms with Gasteiger partial charge in [-0.25, -0.2) is 0 Å². The van der Waals surface area contributed by atoms with Crippen LogP contribution < -0.4 is 5.32 Å². The molecule has 0 radical (unpaired) electrons. The van der Waals surface area contributed by atoms with Crippen LogP contribution in [0.5, 0.6) is 0 Å². The van der Waals surface area contributed by atoms with Crippen LogP contribution in [0.15, 0.2) is 28.6 Å². The topological polar surface area (TPSA) is 37.8 Å². The van der Waals surface area contributed by atoms with Crippen molar-refractivity contribution in [2.75, 3.05) is 11.9 Å². The number of thioether (sulfide) groups is 1. The van der Waals surface area contributed by atoms with Gasteiger partial charge in [0.05, 0.1) is 5.56 Å². The van der Waals surface area contributed by atoms with Crippen molar-refractivity contribution in [2.24, 2.45) is 5.92 Å². The fourth-order valence-corrected chi connectivity index (χ4v) is 3.28. The van der Waals surface area contributed by atoms with E-state index in [1.807, 2.05) is 0 Å². The Morgan fingerprint density at radius 1 is 1.18 bits per heavy atom. The molecule has 0 unspecified atom stereocenters. The molecule has 1 aromatic heterocycles. The van der Waals surface area contributed by atoms with Crippen LogP contribution >= 0.6 is 23.1 Å². The lowest BCUT2D eigenvalue weighted by Gasteiger charge is -2.06. The van der Waals surface area contributed by atoms with Crippen LogP contribution in [0.25, 0.3) is 0 Å². The summed E-state index contributed by atoms with van der Waals surface area (Å²) in [6.07, 6.45) is -4.29. The summed E-state index contributed by atoms with van der Waals surface area (Å²) < 4.78 is 38.2. The Morgan fingerprint density at radius 3 is 2.45 bits per heavy atom. The second kappa shape index (κ2) is 7.32. The molecule has 8 heteroatoms. The van der Waals surface area contributed by atoms with Crippen LogP contribution in [0.3, 0.4) is 0 Å². The molecule has 0 atom stereocenters. The smallest absolute Gasteiger partial charge is 0.360 e. The largest absolute Gasteiger partial charge is 0.416 e. The van der Waals surface area contributed by atoms with E-state index in [4.69, 9.17) is 0 Å². The van der Waals surface area contributed by atoms with Gasteiger partial charge in [-0.3, -0.25) is 0 Å². The lowest BCUT2D eigenvalue weighted by molar-refractivity contribution is -0.137. The first kappa shape index (κ1) is 17.1. The average molecular weight is 347 g/mol. The number of nitrogens with zero attached hydrogens (tertiary/aromatic N) is 2. The predicted molar refractivity (Wildman–Crippen MR) is 84.2 cm³/mol. The number of hydrogen-bond acceptors (Lipinski definition) is 5. The summed E-state index contributed by atoms with van der Waals surface area (Å²) >= 11 is 2.92. The highest BCUT2D eigenvalue weighted by molar-refractivity contribution is 8.00. The number of hydrogen-bond donors (Lipinski definition) is 1. The van der Waals surface area contributed by atoms with Crippen LogP contribution in [0.2, 0.25) is 0 Å². The number of benzene rings is 1. The second-order valence-corrected chi connectivity index (χ2v) is 7.33. The van der Waals surface area contributed by atoms with E-state index in [9.17, 15) is 13.2 Å². The summed E-state index contributed by atoms with van der Waals surface area (Å²) in [6, 6.07) is 5.20. The van der Waals surface area contributed by atoms with Gasteiger partial charge in [-0.1, -0.05) is 49.1 Å². The molecule has 0 aliphatic heterocycles. The zero-order chi connectivity index (χ0) is 16.2. The van der Waals surface area contributed by atoms with Crippen molar-refractivity contribution in [3.8, 4) is 0 Å². The maximum Gasteiger partial charge on any atom is 0.416 e. The van der Waals surface area contributed by atoms with Gasteiger partial charge in [0, 0.05) is 12.3 Å². The lowest BCUT2D eigenvalue weighted by Crippen LogP contribution is -2.07. The minimum Gasteiger partial charge on any atom is -0.360 e.